The maximum atomic E-state index is 11.3. The highest BCUT2D eigenvalue weighted by atomic mass is 31.2. The Balaban J connectivity index is 2.89. The topological polar surface area (TPSA) is 133 Å². The van der Waals surface area contributed by atoms with E-state index >= 15 is 0 Å². The standard InChI is InChI=1S/C9H13N2O6P/c1-6-4-11(9(14)10-8(6)13)5-7(12)2-3-18(15,16)17/h2-4,7,12H,5H2,1H3,(H,10,13,14)(H2,15,16,17). The van der Waals surface area contributed by atoms with Crippen molar-refractivity contribution in [2.24, 2.45) is 0 Å². The molecule has 0 spiro atoms. The minimum Gasteiger partial charge on any atom is -0.387 e. The first-order chi connectivity index (χ1) is 8.19. The molecule has 1 aromatic heterocycles. The van der Waals surface area contributed by atoms with Crippen LogP contribution in [0.25, 0.3) is 0 Å². The molecule has 0 amide bonds. The van der Waals surface area contributed by atoms with Gasteiger partial charge in [-0.3, -0.25) is 18.9 Å². The summed E-state index contributed by atoms with van der Waals surface area (Å²) in [4.78, 5) is 41.6. The average Bonchev–Trinajstić information content (AvgIpc) is 2.22. The molecule has 0 aromatic carbocycles. The van der Waals surface area contributed by atoms with Gasteiger partial charge in [-0.2, -0.15) is 0 Å². The first kappa shape index (κ1) is 14.6. The zero-order chi connectivity index (χ0) is 13.9. The van der Waals surface area contributed by atoms with Crippen molar-refractivity contribution in [2.45, 2.75) is 19.6 Å². The summed E-state index contributed by atoms with van der Waals surface area (Å²) in [6.07, 6.45) is 0.907. The van der Waals surface area contributed by atoms with E-state index in [0.717, 1.165) is 10.6 Å². The van der Waals surface area contributed by atoms with Gasteiger partial charge in [0, 0.05) is 17.6 Å². The van der Waals surface area contributed by atoms with Crippen LogP contribution in [0.1, 0.15) is 5.56 Å². The Morgan fingerprint density at radius 3 is 2.67 bits per heavy atom. The highest BCUT2D eigenvalue weighted by Gasteiger charge is 2.09. The molecule has 0 aliphatic heterocycles. The Bertz CT molecular complexity index is 610. The summed E-state index contributed by atoms with van der Waals surface area (Å²) in [5, 5.41) is 9.47. The molecule has 4 N–H and O–H groups in total. The van der Waals surface area contributed by atoms with Crippen LogP contribution in [0.2, 0.25) is 0 Å². The molecule has 1 unspecified atom stereocenters. The van der Waals surface area contributed by atoms with E-state index < -0.39 is 24.9 Å². The van der Waals surface area contributed by atoms with E-state index in [1.165, 1.54) is 13.1 Å². The molecule has 0 saturated carbocycles. The molecular formula is C9H13N2O6P. The van der Waals surface area contributed by atoms with E-state index in [9.17, 15) is 19.3 Å². The summed E-state index contributed by atoms with van der Waals surface area (Å²) in [6, 6.07) is 0. The lowest BCUT2D eigenvalue weighted by atomic mass is 10.3. The Morgan fingerprint density at radius 1 is 1.50 bits per heavy atom. The number of aliphatic hydroxyl groups is 1. The van der Waals surface area contributed by atoms with Crippen LogP contribution >= 0.6 is 7.60 Å². The van der Waals surface area contributed by atoms with E-state index in [1.807, 2.05) is 4.98 Å². The third kappa shape index (κ3) is 4.42. The molecule has 0 bridgehead atoms. The smallest absolute Gasteiger partial charge is 0.348 e. The number of H-pyrrole nitrogens is 1. The molecule has 0 aliphatic rings. The van der Waals surface area contributed by atoms with E-state index in [0.29, 0.717) is 11.4 Å². The van der Waals surface area contributed by atoms with Crippen molar-refractivity contribution in [1.29, 1.82) is 0 Å². The van der Waals surface area contributed by atoms with Crippen LogP contribution in [0.4, 0.5) is 0 Å². The van der Waals surface area contributed by atoms with Crippen LogP contribution in [-0.4, -0.2) is 30.5 Å². The van der Waals surface area contributed by atoms with Gasteiger partial charge in [-0.25, -0.2) is 4.79 Å². The van der Waals surface area contributed by atoms with Gasteiger partial charge >= 0.3 is 13.3 Å². The van der Waals surface area contributed by atoms with Crippen LogP contribution in [0.3, 0.4) is 0 Å². The van der Waals surface area contributed by atoms with E-state index in [4.69, 9.17) is 9.79 Å². The van der Waals surface area contributed by atoms with Crippen molar-refractivity contribution in [1.82, 2.24) is 9.55 Å². The molecule has 0 radical (unpaired) electrons. The molecule has 0 aliphatic carbocycles. The van der Waals surface area contributed by atoms with E-state index in [-0.39, 0.29) is 6.54 Å². The predicted molar refractivity (Wildman–Crippen MR) is 63.3 cm³/mol. The number of hydrogen-bond acceptors (Lipinski definition) is 4. The first-order valence-electron chi connectivity index (χ1n) is 4.92. The minimum absolute atomic E-state index is 0.215. The van der Waals surface area contributed by atoms with Crippen molar-refractivity contribution < 1.29 is 19.5 Å². The van der Waals surface area contributed by atoms with Crippen LogP contribution in [0.15, 0.2) is 27.7 Å². The second kappa shape index (κ2) is 5.45. The number of hydrogen-bond donors (Lipinski definition) is 4. The van der Waals surface area contributed by atoms with Crippen LogP contribution in [0.5, 0.6) is 0 Å². The van der Waals surface area contributed by atoms with E-state index in [2.05, 4.69) is 0 Å². The summed E-state index contributed by atoms with van der Waals surface area (Å²) in [5.74, 6) is 0.557. The molecule has 8 nitrogen and oxygen atoms in total. The van der Waals surface area contributed by atoms with Gasteiger partial charge in [0.05, 0.1) is 12.6 Å². The predicted octanol–water partition coefficient (Wildman–Crippen LogP) is -1.10. The number of aryl methyl sites for hydroxylation is 1. The quantitative estimate of drug-likeness (QED) is 0.516. The molecule has 1 atom stereocenters. The van der Waals surface area contributed by atoms with Gasteiger partial charge in [0.25, 0.3) is 5.56 Å². The van der Waals surface area contributed by atoms with Crippen molar-refractivity contribution in [3.63, 3.8) is 0 Å². The lowest BCUT2D eigenvalue weighted by Gasteiger charge is -2.09. The number of aromatic amines is 1. The maximum Gasteiger partial charge on any atom is 0.348 e. The molecule has 9 heteroatoms. The van der Waals surface area contributed by atoms with Crippen LogP contribution in [0, 0.1) is 6.92 Å². The van der Waals surface area contributed by atoms with Crippen molar-refractivity contribution in [3.05, 3.63) is 44.5 Å². The maximum absolute atomic E-state index is 11.3. The summed E-state index contributed by atoms with van der Waals surface area (Å²) in [7, 11) is -4.34. The van der Waals surface area contributed by atoms with Crippen molar-refractivity contribution in [2.75, 3.05) is 0 Å². The Kier molecular flexibility index (Phi) is 4.42. The van der Waals surface area contributed by atoms with Gasteiger partial charge in [-0.05, 0) is 13.0 Å². The fourth-order valence-electron chi connectivity index (χ4n) is 1.23. The van der Waals surface area contributed by atoms with Crippen LogP contribution < -0.4 is 11.2 Å². The number of nitrogens with one attached hydrogen (secondary N) is 1. The molecule has 1 heterocycles. The van der Waals surface area contributed by atoms with Gasteiger partial charge in [0.15, 0.2) is 0 Å². The summed E-state index contributed by atoms with van der Waals surface area (Å²) in [5.41, 5.74) is -0.925. The monoisotopic (exact) mass is 276 g/mol. The highest BCUT2D eigenvalue weighted by molar-refractivity contribution is 7.55. The van der Waals surface area contributed by atoms with Crippen molar-refractivity contribution in [3.8, 4) is 0 Å². The van der Waals surface area contributed by atoms with Gasteiger partial charge in [0.1, 0.15) is 0 Å². The van der Waals surface area contributed by atoms with Gasteiger partial charge in [-0.1, -0.05) is 0 Å². The fourth-order valence-corrected chi connectivity index (χ4v) is 1.65. The van der Waals surface area contributed by atoms with Crippen LogP contribution in [-0.2, 0) is 11.1 Å². The van der Waals surface area contributed by atoms with Gasteiger partial charge < -0.3 is 14.9 Å². The molecule has 1 aromatic rings. The average molecular weight is 276 g/mol. The zero-order valence-corrected chi connectivity index (χ0v) is 10.4. The molecule has 0 fully saturated rings. The number of rotatable bonds is 4. The molecule has 0 saturated heterocycles. The number of aromatic nitrogens is 2. The fraction of sp³-hybridized carbons (Fsp3) is 0.333. The Morgan fingerprint density at radius 2 is 2.11 bits per heavy atom. The first-order valence-corrected chi connectivity index (χ1v) is 6.60. The zero-order valence-electron chi connectivity index (χ0n) is 9.48. The Labute approximate surface area is 101 Å². The third-order valence-corrected chi connectivity index (χ3v) is 2.64. The minimum atomic E-state index is -4.34. The molecule has 18 heavy (non-hydrogen) atoms. The number of aliphatic hydroxyl groups excluding tert-OH is 1. The number of nitrogens with zero attached hydrogens (tertiary/aromatic N) is 1. The lowest BCUT2D eigenvalue weighted by Crippen LogP contribution is -2.33. The third-order valence-electron chi connectivity index (χ3n) is 2.08. The van der Waals surface area contributed by atoms with Crippen molar-refractivity contribution >= 4 is 7.60 Å². The Hall–Kier alpha value is -1.47. The van der Waals surface area contributed by atoms with Gasteiger partial charge in [-0.15, -0.1) is 0 Å². The van der Waals surface area contributed by atoms with Gasteiger partial charge in [0.2, 0.25) is 0 Å². The normalized spacial score (nSPS) is 14.0. The molecular weight excluding hydrogens is 263 g/mol. The highest BCUT2D eigenvalue weighted by Crippen LogP contribution is 2.35. The summed E-state index contributed by atoms with van der Waals surface area (Å²) in [6.45, 7) is 1.28. The van der Waals surface area contributed by atoms with E-state index in [1.54, 1.807) is 0 Å². The second-order valence-corrected chi connectivity index (χ2v) is 5.20. The summed E-state index contributed by atoms with van der Waals surface area (Å²) < 4.78 is 11.6. The SMILES string of the molecule is Cc1cn(CC(O)C=CP(=O)(O)O)c(=O)[nH]c1=O. The largest absolute Gasteiger partial charge is 0.387 e. The second-order valence-electron chi connectivity index (χ2n) is 3.72. The molecule has 100 valence electrons. The lowest BCUT2D eigenvalue weighted by molar-refractivity contribution is 0.198. The summed E-state index contributed by atoms with van der Waals surface area (Å²) >= 11 is 0. The molecule has 1 rings (SSSR count).